The van der Waals surface area contributed by atoms with Gasteiger partial charge in [-0.2, -0.15) is 0 Å². The van der Waals surface area contributed by atoms with E-state index in [2.05, 4.69) is 36.1 Å². The van der Waals surface area contributed by atoms with Gasteiger partial charge in [0.05, 0.1) is 10.7 Å². The molecule has 106 valence electrons. The summed E-state index contributed by atoms with van der Waals surface area (Å²) in [4.78, 5) is 2.09. The fraction of sp³-hybridized carbons (Fsp3) is 0.294. The lowest BCUT2D eigenvalue weighted by Gasteiger charge is -2.22. The predicted octanol–water partition coefficient (Wildman–Crippen LogP) is 4.69. The van der Waals surface area contributed by atoms with Crippen molar-refractivity contribution in [2.24, 2.45) is 5.73 Å². The molecule has 0 radical (unpaired) electrons. The summed E-state index contributed by atoms with van der Waals surface area (Å²) in [6, 6.07) is 14.5. The summed E-state index contributed by atoms with van der Waals surface area (Å²) < 4.78 is 0. The van der Waals surface area contributed by atoms with Crippen LogP contribution in [0, 0.1) is 0 Å². The third-order valence-corrected chi connectivity index (χ3v) is 3.89. The van der Waals surface area contributed by atoms with Crippen molar-refractivity contribution in [2.45, 2.75) is 26.3 Å². The lowest BCUT2D eigenvalue weighted by molar-refractivity contribution is 0.818. The number of hydrogen-bond donors (Lipinski definition) is 1. The van der Waals surface area contributed by atoms with Crippen LogP contribution in [-0.2, 0) is 6.42 Å². The zero-order valence-electron chi connectivity index (χ0n) is 12.2. The monoisotopic (exact) mass is 288 g/mol. The normalized spacial score (nSPS) is 12.2. The van der Waals surface area contributed by atoms with Crippen LogP contribution in [0.25, 0.3) is 0 Å². The minimum Gasteiger partial charge on any atom is -0.343 e. The van der Waals surface area contributed by atoms with Crippen molar-refractivity contribution in [1.29, 1.82) is 0 Å². The first-order valence-electron chi connectivity index (χ1n) is 6.90. The molecule has 2 aromatic carbocycles. The van der Waals surface area contributed by atoms with Gasteiger partial charge in [-0.15, -0.1) is 0 Å². The van der Waals surface area contributed by atoms with E-state index in [0.717, 1.165) is 28.4 Å². The molecule has 0 aliphatic carbocycles. The van der Waals surface area contributed by atoms with Crippen LogP contribution in [0.15, 0.2) is 42.5 Å². The summed E-state index contributed by atoms with van der Waals surface area (Å²) in [6.45, 7) is 4.11. The predicted molar refractivity (Wildman–Crippen MR) is 87.9 cm³/mol. The Morgan fingerprint density at radius 1 is 1.15 bits per heavy atom. The van der Waals surface area contributed by atoms with Gasteiger partial charge in [-0.1, -0.05) is 36.7 Å². The first kappa shape index (κ1) is 14.9. The molecule has 0 heterocycles. The van der Waals surface area contributed by atoms with E-state index in [9.17, 15) is 0 Å². The molecule has 2 nitrogen and oxygen atoms in total. The largest absolute Gasteiger partial charge is 0.343 e. The van der Waals surface area contributed by atoms with E-state index in [0.29, 0.717) is 0 Å². The molecule has 0 fully saturated rings. The number of nitrogens with two attached hydrogens (primary N) is 1. The standard InChI is InChI=1S/C17H21ClN2/c1-4-13-5-8-15(9-6-13)20(3)17-10-7-14(12(2)19)11-16(17)18/h5-12H,4,19H2,1-3H3/t12-/m1/s1. The fourth-order valence-electron chi connectivity index (χ4n) is 2.17. The third kappa shape index (κ3) is 3.14. The van der Waals surface area contributed by atoms with E-state index in [1.165, 1.54) is 5.56 Å². The quantitative estimate of drug-likeness (QED) is 0.884. The van der Waals surface area contributed by atoms with Crippen LogP contribution in [0.3, 0.4) is 0 Å². The molecule has 1 atom stereocenters. The van der Waals surface area contributed by atoms with Gasteiger partial charge in [-0.05, 0) is 48.7 Å². The lowest BCUT2D eigenvalue weighted by Crippen LogP contribution is -2.11. The molecule has 0 spiro atoms. The first-order valence-corrected chi connectivity index (χ1v) is 7.28. The van der Waals surface area contributed by atoms with Gasteiger partial charge in [0.2, 0.25) is 0 Å². The van der Waals surface area contributed by atoms with Gasteiger partial charge in [0.15, 0.2) is 0 Å². The number of aryl methyl sites for hydroxylation is 1. The number of hydrogen-bond acceptors (Lipinski definition) is 2. The maximum absolute atomic E-state index is 6.38. The highest BCUT2D eigenvalue weighted by atomic mass is 35.5. The van der Waals surface area contributed by atoms with E-state index in [-0.39, 0.29) is 6.04 Å². The molecule has 0 unspecified atom stereocenters. The first-order chi connectivity index (χ1) is 9.52. The lowest BCUT2D eigenvalue weighted by atomic mass is 10.1. The topological polar surface area (TPSA) is 29.3 Å². The van der Waals surface area contributed by atoms with E-state index < -0.39 is 0 Å². The number of benzene rings is 2. The molecule has 0 bridgehead atoms. The van der Waals surface area contributed by atoms with Gasteiger partial charge in [-0.3, -0.25) is 0 Å². The van der Waals surface area contributed by atoms with Crippen LogP contribution in [-0.4, -0.2) is 7.05 Å². The second-order valence-corrected chi connectivity index (χ2v) is 5.49. The Kier molecular flexibility index (Phi) is 4.69. The smallest absolute Gasteiger partial charge is 0.0646 e. The van der Waals surface area contributed by atoms with Gasteiger partial charge >= 0.3 is 0 Å². The van der Waals surface area contributed by atoms with Gasteiger partial charge in [0, 0.05) is 18.8 Å². The molecule has 0 saturated carbocycles. The van der Waals surface area contributed by atoms with Gasteiger partial charge in [-0.25, -0.2) is 0 Å². The second kappa shape index (κ2) is 6.29. The SMILES string of the molecule is CCc1ccc(N(C)c2ccc([C@@H](C)N)cc2Cl)cc1. The van der Waals surface area contributed by atoms with E-state index in [1.807, 2.05) is 32.2 Å². The number of halogens is 1. The minimum atomic E-state index is -0.00399. The molecule has 0 aliphatic rings. The Morgan fingerprint density at radius 3 is 2.30 bits per heavy atom. The van der Waals surface area contributed by atoms with Crippen molar-refractivity contribution >= 4 is 23.0 Å². The summed E-state index contributed by atoms with van der Waals surface area (Å²) in [7, 11) is 2.02. The van der Waals surface area contributed by atoms with Crippen LogP contribution in [0.1, 0.15) is 31.0 Å². The molecule has 0 saturated heterocycles. The van der Waals surface area contributed by atoms with Gasteiger partial charge < -0.3 is 10.6 Å². The van der Waals surface area contributed by atoms with Crippen molar-refractivity contribution in [3.63, 3.8) is 0 Å². The molecule has 0 amide bonds. The Morgan fingerprint density at radius 2 is 1.80 bits per heavy atom. The molecule has 3 heteroatoms. The fourth-order valence-corrected chi connectivity index (χ4v) is 2.49. The molecule has 2 aromatic rings. The highest BCUT2D eigenvalue weighted by molar-refractivity contribution is 6.33. The Hall–Kier alpha value is -1.51. The number of anilines is 2. The minimum absolute atomic E-state index is 0.00399. The second-order valence-electron chi connectivity index (χ2n) is 5.08. The van der Waals surface area contributed by atoms with Crippen LogP contribution < -0.4 is 10.6 Å². The van der Waals surface area contributed by atoms with Crippen LogP contribution in [0.2, 0.25) is 5.02 Å². The van der Waals surface area contributed by atoms with Crippen molar-refractivity contribution in [1.82, 2.24) is 0 Å². The van der Waals surface area contributed by atoms with Crippen LogP contribution >= 0.6 is 11.6 Å². The molecular formula is C17H21ClN2. The van der Waals surface area contributed by atoms with Crippen LogP contribution in [0.5, 0.6) is 0 Å². The van der Waals surface area contributed by atoms with E-state index in [4.69, 9.17) is 17.3 Å². The van der Waals surface area contributed by atoms with Gasteiger partial charge in [0.25, 0.3) is 0 Å². The zero-order valence-corrected chi connectivity index (χ0v) is 13.0. The zero-order chi connectivity index (χ0) is 14.7. The molecule has 20 heavy (non-hydrogen) atoms. The van der Waals surface area contributed by atoms with Crippen molar-refractivity contribution in [3.8, 4) is 0 Å². The highest BCUT2D eigenvalue weighted by Crippen LogP contribution is 2.32. The number of nitrogens with zero attached hydrogens (tertiary/aromatic N) is 1. The van der Waals surface area contributed by atoms with E-state index >= 15 is 0 Å². The van der Waals surface area contributed by atoms with E-state index in [1.54, 1.807) is 0 Å². The summed E-state index contributed by atoms with van der Waals surface area (Å²) in [6.07, 6.45) is 1.05. The van der Waals surface area contributed by atoms with Crippen molar-refractivity contribution < 1.29 is 0 Å². The average molecular weight is 289 g/mol. The van der Waals surface area contributed by atoms with Gasteiger partial charge in [0.1, 0.15) is 0 Å². The molecule has 0 aromatic heterocycles. The number of rotatable bonds is 4. The molecular weight excluding hydrogens is 268 g/mol. The Labute approximate surface area is 126 Å². The van der Waals surface area contributed by atoms with Crippen LogP contribution in [0.4, 0.5) is 11.4 Å². The maximum Gasteiger partial charge on any atom is 0.0646 e. The molecule has 0 aliphatic heterocycles. The summed E-state index contributed by atoms with van der Waals surface area (Å²) in [5.41, 5.74) is 10.4. The average Bonchev–Trinajstić information content (AvgIpc) is 2.46. The third-order valence-electron chi connectivity index (χ3n) is 3.59. The molecule has 2 N–H and O–H groups in total. The van der Waals surface area contributed by atoms with Crippen molar-refractivity contribution in [3.05, 3.63) is 58.6 Å². The Balaban J connectivity index is 2.30. The van der Waals surface area contributed by atoms with Crippen molar-refractivity contribution in [2.75, 3.05) is 11.9 Å². The summed E-state index contributed by atoms with van der Waals surface area (Å²) in [5, 5.41) is 0.724. The highest BCUT2D eigenvalue weighted by Gasteiger charge is 2.10. The Bertz CT molecular complexity index is 576. The molecule has 2 rings (SSSR count). The maximum atomic E-state index is 6.38. The summed E-state index contributed by atoms with van der Waals surface area (Å²) in [5.74, 6) is 0. The summed E-state index contributed by atoms with van der Waals surface area (Å²) >= 11 is 6.38.